The SMILES string of the molecule is NC(=O)CCOCC(N)COCCC(N)=O. The fourth-order valence-electron chi connectivity index (χ4n) is 0.863. The topological polar surface area (TPSA) is 131 Å². The van der Waals surface area contributed by atoms with E-state index in [4.69, 9.17) is 26.7 Å². The highest BCUT2D eigenvalue weighted by Gasteiger charge is 2.04. The smallest absolute Gasteiger partial charge is 0.219 e. The van der Waals surface area contributed by atoms with Gasteiger partial charge in [0.05, 0.1) is 32.5 Å². The molecule has 0 aliphatic heterocycles. The van der Waals surface area contributed by atoms with Gasteiger partial charge < -0.3 is 26.7 Å². The number of carbonyl (C=O) groups excluding carboxylic acids is 2. The maximum absolute atomic E-state index is 10.4. The summed E-state index contributed by atoms with van der Waals surface area (Å²) in [6.45, 7) is 1.07. The van der Waals surface area contributed by atoms with Crippen LogP contribution in [0.25, 0.3) is 0 Å². The summed E-state index contributed by atoms with van der Waals surface area (Å²) in [5, 5.41) is 0. The normalized spacial score (nSPS) is 10.6. The number of primary amides is 2. The second-order valence-electron chi connectivity index (χ2n) is 3.34. The van der Waals surface area contributed by atoms with Crippen molar-refractivity contribution >= 4 is 11.8 Å². The molecule has 0 radical (unpaired) electrons. The van der Waals surface area contributed by atoms with Crippen LogP contribution in [0.3, 0.4) is 0 Å². The maximum atomic E-state index is 10.4. The molecule has 0 aromatic rings. The molecule has 0 saturated carbocycles. The van der Waals surface area contributed by atoms with Crippen LogP contribution in [0.15, 0.2) is 0 Å². The number of amides is 2. The molecule has 0 saturated heterocycles. The third-order valence-electron chi connectivity index (χ3n) is 1.65. The first-order chi connectivity index (χ1) is 7.52. The van der Waals surface area contributed by atoms with Crippen LogP contribution in [0.5, 0.6) is 0 Å². The van der Waals surface area contributed by atoms with Crippen molar-refractivity contribution in [3.05, 3.63) is 0 Å². The summed E-state index contributed by atoms with van der Waals surface area (Å²) in [6, 6.07) is -0.291. The maximum Gasteiger partial charge on any atom is 0.219 e. The minimum atomic E-state index is -0.411. The van der Waals surface area contributed by atoms with Crippen molar-refractivity contribution in [3.63, 3.8) is 0 Å². The molecule has 0 aliphatic rings. The molecule has 0 fully saturated rings. The lowest BCUT2D eigenvalue weighted by molar-refractivity contribution is -0.119. The zero-order valence-electron chi connectivity index (χ0n) is 9.19. The van der Waals surface area contributed by atoms with E-state index in [1.165, 1.54) is 0 Å². The Bertz CT molecular complexity index is 201. The largest absolute Gasteiger partial charge is 0.379 e. The van der Waals surface area contributed by atoms with Crippen molar-refractivity contribution in [2.75, 3.05) is 26.4 Å². The molecule has 0 rings (SSSR count). The van der Waals surface area contributed by atoms with E-state index in [2.05, 4.69) is 0 Å². The Morgan fingerprint density at radius 1 is 0.938 bits per heavy atom. The predicted octanol–water partition coefficient (Wildman–Crippen LogP) is -1.90. The quantitative estimate of drug-likeness (QED) is 0.379. The molecule has 0 unspecified atom stereocenters. The van der Waals surface area contributed by atoms with Crippen LogP contribution in [0, 0.1) is 0 Å². The van der Waals surface area contributed by atoms with Crippen molar-refractivity contribution < 1.29 is 19.1 Å². The van der Waals surface area contributed by atoms with Gasteiger partial charge >= 0.3 is 0 Å². The van der Waals surface area contributed by atoms with E-state index in [1.54, 1.807) is 0 Å². The van der Waals surface area contributed by atoms with E-state index < -0.39 is 11.8 Å². The fourth-order valence-corrected chi connectivity index (χ4v) is 0.863. The molecular weight excluding hydrogens is 214 g/mol. The molecule has 7 heteroatoms. The molecule has 0 aliphatic carbocycles. The van der Waals surface area contributed by atoms with Crippen LogP contribution >= 0.6 is 0 Å². The van der Waals surface area contributed by atoms with E-state index in [1.807, 2.05) is 0 Å². The molecular formula is C9H19N3O4. The van der Waals surface area contributed by atoms with Gasteiger partial charge in [0, 0.05) is 12.8 Å². The van der Waals surface area contributed by atoms with Gasteiger partial charge in [0.2, 0.25) is 11.8 Å². The van der Waals surface area contributed by atoms with Crippen LogP contribution in [0.2, 0.25) is 0 Å². The monoisotopic (exact) mass is 233 g/mol. The van der Waals surface area contributed by atoms with Gasteiger partial charge in [-0.25, -0.2) is 0 Å². The van der Waals surface area contributed by atoms with Gasteiger partial charge in [-0.05, 0) is 0 Å². The number of hydrogen-bond acceptors (Lipinski definition) is 5. The van der Waals surface area contributed by atoms with E-state index in [9.17, 15) is 9.59 Å². The van der Waals surface area contributed by atoms with Crippen LogP contribution in [-0.4, -0.2) is 44.3 Å². The summed E-state index contributed by atoms with van der Waals surface area (Å²) in [7, 11) is 0. The Labute approximate surface area is 94.2 Å². The van der Waals surface area contributed by atoms with Crippen molar-refractivity contribution in [2.45, 2.75) is 18.9 Å². The fraction of sp³-hybridized carbons (Fsp3) is 0.778. The minimum absolute atomic E-state index is 0.176. The summed E-state index contributed by atoms with van der Waals surface area (Å²) >= 11 is 0. The molecule has 0 atom stereocenters. The first-order valence-corrected chi connectivity index (χ1v) is 5.00. The van der Waals surface area contributed by atoms with E-state index in [-0.39, 0.29) is 45.3 Å². The zero-order chi connectivity index (χ0) is 12.4. The molecule has 7 nitrogen and oxygen atoms in total. The van der Waals surface area contributed by atoms with Gasteiger partial charge in [0.1, 0.15) is 0 Å². The molecule has 94 valence electrons. The standard InChI is InChI=1S/C9H19N3O4/c10-7(5-15-3-1-8(11)13)6-16-4-2-9(12)14/h7H,1-6,10H2,(H2,11,13)(H2,12,14). The number of carbonyl (C=O) groups is 2. The Balaban J connectivity index is 3.27. The average Bonchev–Trinajstić information content (AvgIpc) is 2.19. The number of ether oxygens (including phenoxy) is 2. The summed E-state index contributed by atoms with van der Waals surface area (Å²) < 4.78 is 10.2. The Morgan fingerprint density at radius 2 is 1.31 bits per heavy atom. The van der Waals surface area contributed by atoms with Crippen LogP contribution in [0.4, 0.5) is 0 Å². The molecule has 6 N–H and O–H groups in total. The minimum Gasteiger partial charge on any atom is -0.379 e. The summed E-state index contributed by atoms with van der Waals surface area (Å²) in [5.74, 6) is -0.822. The molecule has 0 aromatic heterocycles. The molecule has 0 bridgehead atoms. The van der Waals surface area contributed by atoms with E-state index in [0.717, 1.165) is 0 Å². The highest BCUT2D eigenvalue weighted by atomic mass is 16.5. The Hall–Kier alpha value is -1.18. The van der Waals surface area contributed by atoms with E-state index >= 15 is 0 Å². The van der Waals surface area contributed by atoms with Gasteiger partial charge in [0.25, 0.3) is 0 Å². The Kier molecular flexibility index (Phi) is 8.41. The first kappa shape index (κ1) is 14.8. The second kappa shape index (κ2) is 9.08. The molecule has 0 heterocycles. The third kappa shape index (κ3) is 10.9. The Morgan fingerprint density at radius 3 is 1.62 bits per heavy atom. The van der Waals surface area contributed by atoms with Gasteiger partial charge in [0.15, 0.2) is 0 Å². The van der Waals surface area contributed by atoms with Crippen molar-refractivity contribution in [2.24, 2.45) is 17.2 Å². The average molecular weight is 233 g/mol. The molecule has 0 aromatic carbocycles. The summed E-state index contributed by atoms with van der Waals surface area (Å²) in [6.07, 6.45) is 0.352. The first-order valence-electron chi connectivity index (χ1n) is 5.00. The van der Waals surface area contributed by atoms with Crippen molar-refractivity contribution in [1.29, 1.82) is 0 Å². The van der Waals surface area contributed by atoms with Gasteiger partial charge in [-0.2, -0.15) is 0 Å². The van der Waals surface area contributed by atoms with Gasteiger partial charge in [-0.3, -0.25) is 9.59 Å². The predicted molar refractivity (Wildman–Crippen MR) is 57.2 cm³/mol. The molecule has 2 amide bonds. The summed E-state index contributed by atoms with van der Waals surface area (Å²) in [5.41, 5.74) is 15.5. The number of nitrogens with two attached hydrogens (primary N) is 3. The van der Waals surface area contributed by atoms with Gasteiger partial charge in [-0.1, -0.05) is 0 Å². The highest BCUT2D eigenvalue weighted by Crippen LogP contribution is 1.88. The van der Waals surface area contributed by atoms with E-state index in [0.29, 0.717) is 0 Å². The lowest BCUT2D eigenvalue weighted by Crippen LogP contribution is -2.32. The van der Waals surface area contributed by atoms with Crippen molar-refractivity contribution in [3.8, 4) is 0 Å². The molecule has 0 spiro atoms. The van der Waals surface area contributed by atoms with Crippen molar-refractivity contribution in [1.82, 2.24) is 0 Å². The highest BCUT2D eigenvalue weighted by molar-refractivity contribution is 5.74. The third-order valence-corrected chi connectivity index (χ3v) is 1.65. The molecule has 16 heavy (non-hydrogen) atoms. The van der Waals surface area contributed by atoms with Crippen LogP contribution in [-0.2, 0) is 19.1 Å². The number of rotatable bonds is 10. The van der Waals surface area contributed by atoms with Crippen LogP contribution in [0.1, 0.15) is 12.8 Å². The lowest BCUT2D eigenvalue weighted by atomic mass is 10.3. The summed E-state index contributed by atoms with van der Waals surface area (Å²) in [4.78, 5) is 20.7. The van der Waals surface area contributed by atoms with Crippen LogP contribution < -0.4 is 17.2 Å². The number of hydrogen-bond donors (Lipinski definition) is 3. The second-order valence-corrected chi connectivity index (χ2v) is 3.34. The zero-order valence-corrected chi connectivity index (χ0v) is 9.19. The lowest BCUT2D eigenvalue weighted by Gasteiger charge is -2.11. The van der Waals surface area contributed by atoms with Gasteiger partial charge in [-0.15, -0.1) is 0 Å².